The van der Waals surface area contributed by atoms with Crippen LogP contribution in [0.15, 0.2) is 11.6 Å². The summed E-state index contributed by atoms with van der Waals surface area (Å²) in [5.74, 6) is 1.57. The predicted molar refractivity (Wildman–Crippen MR) is 90.2 cm³/mol. The van der Waals surface area contributed by atoms with Gasteiger partial charge in [0, 0.05) is 30.5 Å². The topological polar surface area (TPSA) is 54.0 Å². The maximum atomic E-state index is 12.0. The molecule has 1 fully saturated rings. The second-order valence-corrected chi connectivity index (χ2v) is 6.79. The van der Waals surface area contributed by atoms with Crippen molar-refractivity contribution in [3.8, 4) is 0 Å². The van der Waals surface area contributed by atoms with Gasteiger partial charge in [0.1, 0.15) is 0 Å². The minimum atomic E-state index is 0. The highest BCUT2D eigenvalue weighted by Gasteiger charge is 2.22. The van der Waals surface area contributed by atoms with Gasteiger partial charge in [0.25, 0.3) is 0 Å². The van der Waals surface area contributed by atoms with Gasteiger partial charge in [-0.25, -0.2) is 4.98 Å². The van der Waals surface area contributed by atoms with Crippen LogP contribution in [0.1, 0.15) is 44.0 Å². The van der Waals surface area contributed by atoms with Crippen LogP contribution < -0.4 is 10.6 Å². The Kier molecular flexibility index (Phi) is 8.22. The smallest absolute Gasteiger partial charge is 0.220 e. The molecule has 2 heterocycles. The molecule has 0 spiro atoms. The average Bonchev–Trinajstić information content (AvgIpc) is 3.00. The summed E-state index contributed by atoms with van der Waals surface area (Å²) in [6, 6.07) is 0. The third-order valence-corrected chi connectivity index (χ3v) is 5.13. The zero-order valence-electron chi connectivity index (χ0n) is 12.8. The van der Waals surface area contributed by atoms with E-state index in [-0.39, 0.29) is 18.3 Å². The van der Waals surface area contributed by atoms with E-state index in [0.29, 0.717) is 30.7 Å². The molecule has 2 N–H and O–H groups in total. The number of hydrogen-bond acceptors (Lipinski definition) is 4. The first-order valence-electron chi connectivity index (χ1n) is 7.53. The highest BCUT2D eigenvalue weighted by Crippen LogP contribution is 2.22. The molecule has 0 saturated carbocycles. The van der Waals surface area contributed by atoms with Gasteiger partial charge in [-0.05, 0) is 37.8 Å². The second kappa shape index (κ2) is 9.38. The Morgan fingerprint density at radius 2 is 2.38 bits per heavy atom. The fourth-order valence-corrected chi connectivity index (χ4v) is 3.43. The van der Waals surface area contributed by atoms with E-state index in [1.54, 1.807) is 11.3 Å². The monoisotopic (exact) mass is 331 g/mol. The van der Waals surface area contributed by atoms with Crippen molar-refractivity contribution in [2.24, 2.45) is 11.8 Å². The Morgan fingerprint density at radius 3 is 3.00 bits per heavy atom. The number of halogens is 1. The molecule has 1 aliphatic rings. The van der Waals surface area contributed by atoms with Crippen molar-refractivity contribution in [1.29, 1.82) is 0 Å². The van der Waals surface area contributed by atoms with E-state index in [0.717, 1.165) is 18.1 Å². The molecular weight excluding hydrogens is 306 g/mol. The summed E-state index contributed by atoms with van der Waals surface area (Å²) in [7, 11) is 0. The first-order valence-corrected chi connectivity index (χ1v) is 8.41. The molecular formula is C15H26ClN3OS. The molecule has 4 nitrogen and oxygen atoms in total. The molecule has 2 rings (SSSR count). The zero-order valence-corrected chi connectivity index (χ0v) is 14.4. The fourth-order valence-electron chi connectivity index (χ4n) is 2.73. The summed E-state index contributed by atoms with van der Waals surface area (Å²) >= 11 is 1.65. The number of aromatic nitrogens is 1. The lowest BCUT2D eigenvalue weighted by molar-refractivity contribution is -0.122. The van der Waals surface area contributed by atoms with Gasteiger partial charge in [-0.2, -0.15) is 0 Å². The predicted octanol–water partition coefficient (Wildman–Crippen LogP) is 2.81. The molecule has 3 atom stereocenters. The number of carbonyl (C=O) groups is 1. The van der Waals surface area contributed by atoms with E-state index in [1.807, 2.05) is 11.6 Å². The molecule has 1 aromatic heterocycles. The number of amides is 1. The number of nitrogens with zero attached hydrogens (tertiary/aromatic N) is 1. The molecule has 120 valence electrons. The lowest BCUT2D eigenvalue weighted by Crippen LogP contribution is -2.36. The van der Waals surface area contributed by atoms with Crippen molar-refractivity contribution in [2.75, 3.05) is 19.6 Å². The molecule has 21 heavy (non-hydrogen) atoms. The van der Waals surface area contributed by atoms with E-state index >= 15 is 0 Å². The summed E-state index contributed by atoms with van der Waals surface area (Å²) in [6.07, 6.45) is 4.93. The molecule has 1 saturated heterocycles. The van der Waals surface area contributed by atoms with Gasteiger partial charge in [-0.15, -0.1) is 23.7 Å². The van der Waals surface area contributed by atoms with Crippen LogP contribution in [0.25, 0.3) is 0 Å². The molecule has 3 unspecified atom stereocenters. The van der Waals surface area contributed by atoms with E-state index in [2.05, 4.69) is 29.5 Å². The van der Waals surface area contributed by atoms with Gasteiger partial charge in [-0.3, -0.25) is 4.79 Å². The Balaban J connectivity index is 0.00000220. The number of thiazole rings is 1. The summed E-state index contributed by atoms with van der Waals surface area (Å²) < 4.78 is 0. The molecule has 0 aliphatic carbocycles. The number of nitrogens with one attached hydrogen (secondary N) is 2. The molecule has 1 amide bonds. The van der Waals surface area contributed by atoms with Crippen LogP contribution >= 0.6 is 23.7 Å². The maximum absolute atomic E-state index is 12.0. The number of carbonyl (C=O) groups excluding carboxylic acids is 1. The van der Waals surface area contributed by atoms with Crippen LogP contribution in [0.4, 0.5) is 0 Å². The molecule has 6 heteroatoms. The number of hydrogen-bond donors (Lipinski definition) is 2. The third kappa shape index (κ3) is 5.93. The van der Waals surface area contributed by atoms with Crippen LogP contribution in [0.3, 0.4) is 0 Å². The molecule has 1 aromatic rings. The maximum Gasteiger partial charge on any atom is 0.220 e. The van der Waals surface area contributed by atoms with Gasteiger partial charge < -0.3 is 10.6 Å². The third-order valence-electron chi connectivity index (χ3n) is 4.13. The molecule has 1 aliphatic heterocycles. The van der Waals surface area contributed by atoms with Crippen LogP contribution in [0.2, 0.25) is 0 Å². The molecule has 0 bridgehead atoms. The van der Waals surface area contributed by atoms with Crippen LogP contribution in [0, 0.1) is 11.8 Å². The van der Waals surface area contributed by atoms with Crippen LogP contribution in [0.5, 0.6) is 0 Å². The first kappa shape index (κ1) is 18.4. The van der Waals surface area contributed by atoms with Crippen molar-refractivity contribution < 1.29 is 4.79 Å². The van der Waals surface area contributed by atoms with Gasteiger partial charge in [0.2, 0.25) is 5.91 Å². The number of piperidine rings is 1. The zero-order chi connectivity index (χ0) is 14.4. The average molecular weight is 332 g/mol. The van der Waals surface area contributed by atoms with E-state index in [4.69, 9.17) is 0 Å². The van der Waals surface area contributed by atoms with Crippen molar-refractivity contribution in [3.63, 3.8) is 0 Å². The van der Waals surface area contributed by atoms with E-state index in [9.17, 15) is 4.79 Å². The van der Waals surface area contributed by atoms with Crippen molar-refractivity contribution >= 4 is 29.7 Å². The Bertz CT molecular complexity index is 407. The molecule has 0 radical (unpaired) electrons. The quantitative estimate of drug-likeness (QED) is 0.842. The summed E-state index contributed by atoms with van der Waals surface area (Å²) in [5, 5.41) is 9.54. The Labute approximate surface area is 137 Å². The van der Waals surface area contributed by atoms with Crippen LogP contribution in [-0.4, -0.2) is 30.5 Å². The van der Waals surface area contributed by atoms with E-state index < -0.39 is 0 Å². The number of rotatable bonds is 6. The Hall–Kier alpha value is -0.650. The normalized spacial score (nSPS) is 21.1. The van der Waals surface area contributed by atoms with E-state index in [1.165, 1.54) is 12.8 Å². The summed E-state index contributed by atoms with van der Waals surface area (Å²) in [4.78, 5) is 16.3. The lowest BCUT2D eigenvalue weighted by atomic mass is 9.85. The highest BCUT2D eigenvalue weighted by atomic mass is 35.5. The van der Waals surface area contributed by atoms with Gasteiger partial charge in [0.05, 0.1) is 5.01 Å². The van der Waals surface area contributed by atoms with Crippen molar-refractivity contribution in [2.45, 2.75) is 39.0 Å². The lowest BCUT2D eigenvalue weighted by Gasteiger charge is -2.28. The van der Waals surface area contributed by atoms with Crippen molar-refractivity contribution in [3.05, 3.63) is 16.6 Å². The molecule has 0 aromatic carbocycles. The van der Waals surface area contributed by atoms with Gasteiger partial charge in [0.15, 0.2) is 0 Å². The second-order valence-electron chi connectivity index (χ2n) is 5.86. The first-order chi connectivity index (χ1) is 9.66. The largest absolute Gasteiger partial charge is 0.355 e. The standard InChI is InChI=1S/C15H25N3OS.ClH/c1-11(13-4-3-5-16-10-13)8-14(19)18-9-12(2)15-17-6-7-20-15;/h6-7,11-13,16H,3-5,8-10H2,1-2H3,(H,18,19);1H. The summed E-state index contributed by atoms with van der Waals surface area (Å²) in [6.45, 7) is 7.17. The van der Waals surface area contributed by atoms with Gasteiger partial charge in [-0.1, -0.05) is 13.8 Å². The summed E-state index contributed by atoms with van der Waals surface area (Å²) in [5.41, 5.74) is 0. The van der Waals surface area contributed by atoms with Gasteiger partial charge >= 0.3 is 0 Å². The van der Waals surface area contributed by atoms with Crippen molar-refractivity contribution in [1.82, 2.24) is 15.6 Å². The minimum Gasteiger partial charge on any atom is -0.355 e. The Morgan fingerprint density at radius 1 is 1.57 bits per heavy atom. The SMILES string of the molecule is CC(CNC(=O)CC(C)C1CCCNC1)c1nccs1.Cl. The minimum absolute atomic E-state index is 0. The fraction of sp³-hybridized carbons (Fsp3) is 0.733. The van der Waals surface area contributed by atoms with Crippen LogP contribution in [-0.2, 0) is 4.79 Å². The highest BCUT2D eigenvalue weighted by molar-refractivity contribution is 7.09.